The standard InChI is InChI=1S/C25H27N5O4S/c31-23(28-16-22(24(32)33)30-35(34)21-5-2-1-3-6-21)20-10-9-18-13-17(7-8-19(18)14-20)15-29-25-26-11-4-12-27-25/h1-3,5-10,13-14,22,30H,4,11-12,15-16H2,(H,28,31)(H,32,33)(H2,26,27,29). The van der Waals surface area contributed by atoms with Crippen molar-refractivity contribution in [3.8, 4) is 0 Å². The molecule has 0 aliphatic carbocycles. The molecule has 1 aliphatic heterocycles. The monoisotopic (exact) mass is 493 g/mol. The highest BCUT2D eigenvalue weighted by Crippen LogP contribution is 2.18. The molecule has 0 radical (unpaired) electrons. The second-order valence-corrected chi connectivity index (χ2v) is 9.31. The number of nitrogens with one attached hydrogen (secondary N) is 4. The molecule has 0 spiro atoms. The summed E-state index contributed by atoms with van der Waals surface area (Å²) in [7, 11) is -1.72. The number of fused-ring (bicyclic) bond motifs is 1. The lowest BCUT2D eigenvalue weighted by Crippen LogP contribution is -2.46. The van der Waals surface area contributed by atoms with Crippen LogP contribution in [0.5, 0.6) is 0 Å². The average Bonchev–Trinajstić information content (AvgIpc) is 2.90. The van der Waals surface area contributed by atoms with E-state index in [0.717, 1.165) is 41.8 Å². The topological polar surface area (TPSA) is 132 Å². The molecule has 35 heavy (non-hydrogen) atoms. The quantitative estimate of drug-likeness (QED) is 0.309. The van der Waals surface area contributed by atoms with E-state index in [2.05, 4.69) is 31.7 Å². The zero-order valence-electron chi connectivity index (χ0n) is 19.0. The number of benzene rings is 3. The number of nitrogens with zero attached hydrogens (tertiary/aromatic N) is 1. The first-order valence-electron chi connectivity index (χ1n) is 11.3. The predicted molar refractivity (Wildman–Crippen MR) is 135 cm³/mol. The maximum atomic E-state index is 12.7. The number of aliphatic carboxylic acids is 1. The van der Waals surface area contributed by atoms with Crippen molar-refractivity contribution >= 4 is 39.6 Å². The first-order valence-corrected chi connectivity index (χ1v) is 12.4. The van der Waals surface area contributed by atoms with Crippen LogP contribution in [0, 0.1) is 0 Å². The van der Waals surface area contributed by atoms with Crippen LogP contribution in [0.4, 0.5) is 0 Å². The molecule has 2 unspecified atom stereocenters. The molecule has 0 aromatic heterocycles. The van der Waals surface area contributed by atoms with Gasteiger partial charge in [-0.25, -0.2) is 8.93 Å². The van der Waals surface area contributed by atoms with Gasteiger partial charge >= 0.3 is 5.97 Å². The van der Waals surface area contributed by atoms with Gasteiger partial charge in [-0.3, -0.25) is 14.6 Å². The van der Waals surface area contributed by atoms with Crippen molar-refractivity contribution in [3.63, 3.8) is 0 Å². The third-order valence-electron chi connectivity index (χ3n) is 5.50. The molecule has 5 N–H and O–H groups in total. The fraction of sp³-hybridized carbons (Fsp3) is 0.240. The first-order chi connectivity index (χ1) is 17.0. The summed E-state index contributed by atoms with van der Waals surface area (Å²) in [5.74, 6) is -0.800. The van der Waals surface area contributed by atoms with Crippen LogP contribution in [0.3, 0.4) is 0 Å². The maximum absolute atomic E-state index is 12.7. The number of hydrogen-bond acceptors (Lipinski definition) is 6. The number of aliphatic imine (C=N–C) groups is 1. The fourth-order valence-electron chi connectivity index (χ4n) is 3.60. The highest BCUT2D eigenvalue weighted by atomic mass is 32.2. The molecule has 10 heteroatoms. The lowest BCUT2D eigenvalue weighted by atomic mass is 10.0. The Morgan fingerprint density at radius 1 is 1.06 bits per heavy atom. The Hall–Kier alpha value is -3.76. The molecule has 3 aromatic carbocycles. The van der Waals surface area contributed by atoms with E-state index in [1.807, 2.05) is 18.2 Å². The molecular formula is C25H27N5O4S. The number of carboxylic acid groups (broad SMARTS) is 1. The van der Waals surface area contributed by atoms with Gasteiger partial charge < -0.3 is 21.1 Å². The van der Waals surface area contributed by atoms with Crippen LogP contribution in [0.15, 0.2) is 76.6 Å². The van der Waals surface area contributed by atoms with Crippen LogP contribution < -0.4 is 20.7 Å². The van der Waals surface area contributed by atoms with E-state index in [4.69, 9.17) is 0 Å². The summed E-state index contributed by atoms with van der Waals surface area (Å²) in [4.78, 5) is 29.1. The van der Waals surface area contributed by atoms with Crippen LogP contribution in [0.2, 0.25) is 0 Å². The Balaban J connectivity index is 1.36. The second-order valence-electron chi connectivity index (χ2n) is 8.06. The number of amides is 1. The Labute approximate surface area is 205 Å². The van der Waals surface area contributed by atoms with E-state index < -0.39 is 28.9 Å². The van der Waals surface area contributed by atoms with Gasteiger partial charge in [0.2, 0.25) is 0 Å². The number of guanidine groups is 1. The normalized spacial score (nSPS) is 14.9. The van der Waals surface area contributed by atoms with Gasteiger partial charge in [-0.05, 0) is 53.1 Å². The molecule has 0 saturated heterocycles. The summed E-state index contributed by atoms with van der Waals surface area (Å²) >= 11 is 0. The molecule has 1 heterocycles. The minimum absolute atomic E-state index is 0.215. The van der Waals surface area contributed by atoms with E-state index in [-0.39, 0.29) is 6.54 Å². The van der Waals surface area contributed by atoms with Crippen molar-refractivity contribution in [3.05, 3.63) is 77.9 Å². The van der Waals surface area contributed by atoms with Crippen LogP contribution in [0.25, 0.3) is 10.8 Å². The van der Waals surface area contributed by atoms with Crippen molar-refractivity contribution in [2.24, 2.45) is 4.99 Å². The van der Waals surface area contributed by atoms with Crippen molar-refractivity contribution in [2.45, 2.75) is 23.9 Å². The average molecular weight is 494 g/mol. The molecule has 182 valence electrons. The molecule has 0 saturated carbocycles. The lowest BCUT2D eigenvalue weighted by Gasteiger charge is -2.16. The van der Waals surface area contributed by atoms with Crippen LogP contribution in [-0.4, -0.2) is 52.8 Å². The van der Waals surface area contributed by atoms with Crippen molar-refractivity contribution in [1.29, 1.82) is 0 Å². The minimum atomic E-state index is -1.72. The van der Waals surface area contributed by atoms with Crippen molar-refractivity contribution in [2.75, 3.05) is 19.6 Å². The smallest absolute Gasteiger partial charge is 0.323 e. The molecule has 3 aromatic rings. The summed E-state index contributed by atoms with van der Waals surface area (Å²) in [6.45, 7) is 2.17. The van der Waals surface area contributed by atoms with Crippen LogP contribution in [-0.2, 0) is 22.3 Å². The fourth-order valence-corrected chi connectivity index (χ4v) is 4.58. The highest BCUT2D eigenvalue weighted by molar-refractivity contribution is 7.83. The zero-order valence-corrected chi connectivity index (χ0v) is 19.8. The van der Waals surface area contributed by atoms with Crippen molar-refractivity contribution in [1.82, 2.24) is 20.7 Å². The van der Waals surface area contributed by atoms with E-state index in [0.29, 0.717) is 17.0 Å². The summed E-state index contributed by atoms with van der Waals surface area (Å²) in [5, 5.41) is 20.5. The Morgan fingerprint density at radius 2 is 1.83 bits per heavy atom. The predicted octanol–water partition coefficient (Wildman–Crippen LogP) is 1.77. The van der Waals surface area contributed by atoms with Gasteiger partial charge in [-0.2, -0.15) is 0 Å². The Bertz CT molecular complexity index is 1270. The largest absolute Gasteiger partial charge is 0.480 e. The summed E-state index contributed by atoms with van der Waals surface area (Å²) in [6, 6.07) is 18.6. The van der Waals surface area contributed by atoms with E-state index in [1.165, 1.54) is 0 Å². The third kappa shape index (κ3) is 6.65. The van der Waals surface area contributed by atoms with Gasteiger partial charge in [0, 0.05) is 31.7 Å². The molecule has 0 fully saturated rings. The maximum Gasteiger partial charge on any atom is 0.323 e. The van der Waals surface area contributed by atoms with Crippen molar-refractivity contribution < 1.29 is 18.9 Å². The summed E-state index contributed by atoms with van der Waals surface area (Å²) < 4.78 is 14.9. The van der Waals surface area contributed by atoms with Gasteiger partial charge in [-0.15, -0.1) is 0 Å². The molecule has 4 rings (SSSR count). The van der Waals surface area contributed by atoms with E-state index in [1.54, 1.807) is 42.5 Å². The summed E-state index contributed by atoms with van der Waals surface area (Å²) in [5.41, 5.74) is 1.50. The minimum Gasteiger partial charge on any atom is -0.480 e. The van der Waals surface area contributed by atoms with Crippen LogP contribution in [0.1, 0.15) is 22.3 Å². The van der Waals surface area contributed by atoms with E-state index in [9.17, 15) is 18.9 Å². The number of hydrogen-bond donors (Lipinski definition) is 5. The highest BCUT2D eigenvalue weighted by Gasteiger charge is 2.21. The number of carboxylic acids is 1. The summed E-state index contributed by atoms with van der Waals surface area (Å²) in [6.07, 6.45) is 1.04. The molecule has 9 nitrogen and oxygen atoms in total. The van der Waals surface area contributed by atoms with Gasteiger partial charge in [0.1, 0.15) is 17.0 Å². The SMILES string of the molecule is O=C(NCC(NS(=O)c1ccccc1)C(=O)O)c1ccc2cc(CNC3=NCCCN3)ccc2c1. The third-order valence-corrected chi connectivity index (χ3v) is 6.69. The van der Waals surface area contributed by atoms with Gasteiger partial charge in [0.05, 0.1) is 4.90 Å². The number of carbonyl (C=O) groups excluding carboxylic acids is 1. The zero-order chi connectivity index (χ0) is 24.6. The van der Waals surface area contributed by atoms with Gasteiger partial charge in [-0.1, -0.05) is 36.4 Å². The van der Waals surface area contributed by atoms with Gasteiger partial charge in [0.15, 0.2) is 5.96 Å². The number of carbonyl (C=O) groups is 2. The number of rotatable bonds is 9. The lowest BCUT2D eigenvalue weighted by molar-refractivity contribution is -0.138. The molecule has 1 amide bonds. The molecule has 1 aliphatic rings. The first kappa shape index (κ1) is 24.4. The van der Waals surface area contributed by atoms with Gasteiger partial charge in [0.25, 0.3) is 5.91 Å². The second kappa shape index (κ2) is 11.6. The van der Waals surface area contributed by atoms with Crippen LogP contribution >= 0.6 is 0 Å². The Kier molecular flexibility index (Phi) is 8.07. The van der Waals surface area contributed by atoms with E-state index >= 15 is 0 Å². The Morgan fingerprint density at radius 3 is 2.57 bits per heavy atom. The molecule has 0 bridgehead atoms. The molecular weight excluding hydrogens is 466 g/mol. The molecule has 2 atom stereocenters.